The van der Waals surface area contributed by atoms with Crippen LogP contribution in [0.5, 0.6) is 0 Å². The van der Waals surface area contributed by atoms with E-state index in [1.807, 2.05) is 30.3 Å². The van der Waals surface area contributed by atoms with Gasteiger partial charge in [-0.1, -0.05) is 40.2 Å². The molecule has 2 aliphatic heterocycles. The van der Waals surface area contributed by atoms with Crippen LogP contribution in [0, 0.1) is 0 Å². The van der Waals surface area contributed by atoms with Crippen LogP contribution in [-0.2, 0) is 20.7 Å². The molecule has 0 saturated heterocycles. The molecular weight excluding hydrogens is 452 g/mol. The van der Waals surface area contributed by atoms with Gasteiger partial charge in [-0.15, -0.1) is 0 Å². The van der Waals surface area contributed by atoms with Gasteiger partial charge >= 0.3 is 0 Å². The molecule has 0 fully saturated rings. The second-order valence-corrected chi connectivity index (χ2v) is 7.93. The molecule has 2 aliphatic rings. The fraction of sp³-hybridized carbons (Fsp3) is 0.273. The number of rotatable bonds is 8. The Morgan fingerprint density at radius 2 is 1.80 bits per heavy atom. The molecule has 1 amide bonds. The van der Waals surface area contributed by atoms with Crippen LogP contribution in [0.2, 0.25) is 0 Å². The van der Waals surface area contributed by atoms with E-state index in [1.165, 1.54) is 0 Å². The molecule has 30 heavy (non-hydrogen) atoms. The molecule has 0 saturated carbocycles. The number of para-hydroxylation sites is 1. The summed E-state index contributed by atoms with van der Waals surface area (Å²) in [5.41, 5.74) is 4.32. The number of alkyl halides is 1. The number of amides is 1. The van der Waals surface area contributed by atoms with E-state index >= 15 is 0 Å². The predicted molar refractivity (Wildman–Crippen MR) is 117 cm³/mol. The normalized spacial score (nSPS) is 18.1. The van der Waals surface area contributed by atoms with E-state index in [2.05, 4.69) is 26.6 Å². The maximum absolute atomic E-state index is 12.8. The number of ether oxygens (including phenoxy) is 2. The van der Waals surface area contributed by atoms with Gasteiger partial charge in [-0.2, -0.15) is 0 Å². The summed E-state index contributed by atoms with van der Waals surface area (Å²) in [5, 5.41) is 14.4. The average Bonchev–Trinajstić information content (AvgIpc) is 3.23. The quantitative estimate of drug-likeness (QED) is 0.310. The maximum atomic E-state index is 12.8. The van der Waals surface area contributed by atoms with E-state index in [9.17, 15) is 9.59 Å². The zero-order valence-electron chi connectivity index (χ0n) is 16.1. The van der Waals surface area contributed by atoms with Crippen LogP contribution < -0.4 is 10.6 Å². The van der Waals surface area contributed by atoms with E-state index in [4.69, 9.17) is 14.6 Å². The number of nitrogens with one attached hydrogen (secondary N) is 2. The number of aliphatic hydroxyl groups excluding tert-OH is 1. The van der Waals surface area contributed by atoms with Crippen LogP contribution in [0.15, 0.2) is 48.2 Å². The minimum atomic E-state index is -0.293. The van der Waals surface area contributed by atoms with Crippen LogP contribution >= 0.6 is 15.9 Å². The highest BCUT2D eigenvalue weighted by Gasteiger charge is 2.34. The van der Waals surface area contributed by atoms with E-state index in [-0.39, 0.29) is 23.3 Å². The minimum Gasteiger partial charge on any atom is -0.394 e. The van der Waals surface area contributed by atoms with Crippen LogP contribution in [0.25, 0.3) is 5.57 Å². The Morgan fingerprint density at radius 3 is 2.60 bits per heavy atom. The van der Waals surface area contributed by atoms with Crippen molar-refractivity contribution in [2.75, 3.05) is 37.1 Å². The molecule has 0 spiro atoms. The Hall–Kier alpha value is -2.52. The minimum absolute atomic E-state index is 0.00998. The number of fused-ring (bicyclic) bond motifs is 2. The van der Waals surface area contributed by atoms with E-state index in [1.54, 1.807) is 12.1 Å². The van der Waals surface area contributed by atoms with Crippen molar-refractivity contribution in [1.29, 1.82) is 0 Å². The van der Waals surface area contributed by atoms with Crippen LogP contribution in [0.1, 0.15) is 21.5 Å². The number of carbonyl (C=O) groups is 2. The lowest BCUT2D eigenvalue weighted by atomic mass is 10.00. The Morgan fingerprint density at radius 1 is 0.967 bits per heavy atom. The first kappa shape index (κ1) is 20.7. The van der Waals surface area contributed by atoms with Crippen LogP contribution in [0.4, 0.5) is 11.4 Å². The second kappa shape index (κ2) is 9.09. The smallest absolute Gasteiger partial charge is 0.258 e. The highest BCUT2D eigenvalue weighted by Crippen LogP contribution is 2.39. The zero-order chi connectivity index (χ0) is 21.1. The Labute approximate surface area is 182 Å². The number of Topliss-reactive ketones (excluding diaryl/α,β-unsaturated/α-hetero) is 1. The lowest BCUT2D eigenvalue weighted by Gasteiger charge is -2.12. The van der Waals surface area contributed by atoms with E-state index in [0.717, 1.165) is 5.56 Å². The van der Waals surface area contributed by atoms with Gasteiger partial charge in [0.2, 0.25) is 5.78 Å². The van der Waals surface area contributed by atoms with Gasteiger partial charge in [0.25, 0.3) is 5.91 Å². The van der Waals surface area contributed by atoms with Gasteiger partial charge in [0.1, 0.15) is 10.7 Å². The van der Waals surface area contributed by atoms with Crippen molar-refractivity contribution in [3.63, 3.8) is 0 Å². The topological polar surface area (TPSA) is 96.9 Å². The number of ketones is 1. The van der Waals surface area contributed by atoms with E-state index in [0.29, 0.717) is 60.0 Å². The number of halogens is 1. The first-order chi connectivity index (χ1) is 14.6. The lowest BCUT2D eigenvalue weighted by molar-refractivity contribution is -0.110. The summed E-state index contributed by atoms with van der Waals surface area (Å²) in [6.07, 6.45) is 0.595. The molecule has 0 radical (unpaired) electrons. The molecule has 2 heterocycles. The fourth-order valence-corrected chi connectivity index (χ4v) is 4.09. The van der Waals surface area contributed by atoms with Crippen LogP contribution in [0.3, 0.4) is 0 Å². The van der Waals surface area contributed by atoms with E-state index < -0.39 is 0 Å². The molecule has 8 heteroatoms. The molecule has 2 aromatic rings. The Kier molecular flexibility index (Phi) is 6.29. The molecular formula is C22H21BrN2O5. The number of aliphatic hydroxyl groups is 1. The molecule has 2 aromatic carbocycles. The molecule has 0 bridgehead atoms. The molecule has 4 rings (SSSR count). The zero-order valence-corrected chi connectivity index (χ0v) is 17.7. The summed E-state index contributed by atoms with van der Waals surface area (Å²) in [6.45, 7) is 1.09. The molecule has 3 N–H and O–H groups in total. The molecule has 0 aromatic heterocycles. The van der Waals surface area contributed by atoms with Gasteiger partial charge in [-0.25, -0.2) is 0 Å². The molecule has 7 nitrogen and oxygen atoms in total. The van der Waals surface area contributed by atoms with Crippen LogP contribution in [-0.4, -0.2) is 48.2 Å². The second-order valence-electron chi connectivity index (χ2n) is 6.90. The molecule has 0 unspecified atom stereocenters. The number of anilines is 2. The third-order valence-electron chi connectivity index (χ3n) is 4.90. The Balaban J connectivity index is 1.48. The largest absolute Gasteiger partial charge is 0.394 e. The number of benzene rings is 2. The number of hydrogen-bond acceptors (Lipinski definition) is 6. The van der Waals surface area contributed by atoms with Gasteiger partial charge in [-0.05, 0) is 23.8 Å². The van der Waals surface area contributed by atoms with Gasteiger partial charge in [-0.3, -0.25) is 9.59 Å². The monoisotopic (exact) mass is 472 g/mol. The molecule has 1 atom stereocenters. The summed E-state index contributed by atoms with van der Waals surface area (Å²) >= 11 is 3.49. The highest BCUT2D eigenvalue weighted by molar-refractivity contribution is 9.09. The average molecular weight is 473 g/mol. The first-order valence-electron chi connectivity index (χ1n) is 9.62. The highest BCUT2D eigenvalue weighted by atomic mass is 79.9. The fourth-order valence-electron chi connectivity index (χ4n) is 3.53. The van der Waals surface area contributed by atoms with Gasteiger partial charge in [0, 0.05) is 28.9 Å². The van der Waals surface area contributed by atoms with Gasteiger partial charge in [0.05, 0.1) is 32.0 Å². The van der Waals surface area contributed by atoms with Crippen molar-refractivity contribution < 1.29 is 24.2 Å². The molecule has 0 aliphatic carbocycles. The SMILES string of the molecule is O=C1Nc2cc(C[C@H](Br)OCCOCCO)ccc2/C1=C1/Nc2ccccc2C1=O. The summed E-state index contributed by atoms with van der Waals surface area (Å²) in [5.74, 6) is -0.469. The van der Waals surface area contributed by atoms with Gasteiger partial charge in [0.15, 0.2) is 0 Å². The van der Waals surface area contributed by atoms with Crippen molar-refractivity contribution in [2.45, 2.75) is 11.4 Å². The van der Waals surface area contributed by atoms with Gasteiger partial charge < -0.3 is 25.2 Å². The summed E-state index contributed by atoms with van der Waals surface area (Å²) in [6, 6.07) is 12.9. The summed E-state index contributed by atoms with van der Waals surface area (Å²) in [4.78, 5) is 25.4. The number of allylic oxidation sites excluding steroid dienone is 1. The third-order valence-corrected chi connectivity index (χ3v) is 5.48. The summed E-state index contributed by atoms with van der Waals surface area (Å²) < 4.78 is 10.8. The summed E-state index contributed by atoms with van der Waals surface area (Å²) in [7, 11) is 0. The first-order valence-corrected chi connectivity index (χ1v) is 10.5. The van der Waals surface area contributed by atoms with Crippen molar-refractivity contribution in [2.24, 2.45) is 0 Å². The standard InChI is InChI=1S/C22H21BrN2O5/c23-18(30-10-9-29-8-7-26)12-13-5-6-14-17(11-13)25-22(28)19(14)20-21(27)15-3-1-2-4-16(15)24-20/h1-6,11,18,24,26H,7-10,12H2,(H,25,28)/b20-19-/t18-/m1/s1. The maximum Gasteiger partial charge on any atom is 0.258 e. The number of hydrogen-bond donors (Lipinski definition) is 3. The number of carbonyl (C=O) groups excluding carboxylic acids is 2. The Bertz CT molecular complexity index is 1020. The lowest BCUT2D eigenvalue weighted by Crippen LogP contribution is -2.14. The predicted octanol–water partition coefficient (Wildman–Crippen LogP) is 2.95. The van der Waals surface area contributed by atoms with Crippen molar-refractivity contribution >= 4 is 44.6 Å². The van der Waals surface area contributed by atoms with Crippen molar-refractivity contribution in [3.8, 4) is 0 Å². The van der Waals surface area contributed by atoms with Crippen molar-refractivity contribution in [3.05, 3.63) is 64.9 Å². The van der Waals surface area contributed by atoms with Crippen molar-refractivity contribution in [1.82, 2.24) is 0 Å². The molecule has 156 valence electrons. The third kappa shape index (κ3) is 4.17.